The first-order valence-electron chi connectivity index (χ1n) is 6.70. The van der Waals surface area contributed by atoms with Gasteiger partial charge in [0.1, 0.15) is 0 Å². The molecule has 100 valence electrons. The average molecular weight is 249 g/mol. The molecule has 0 atom stereocenters. The summed E-state index contributed by atoms with van der Waals surface area (Å²) in [6.45, 7) is 7.72. The molecule has 2 N–H and O–H groups in total. The van der Waals surface area contributed by atoms with Crippen LogP contribution in [-0.4, -0.2) is 18.8 Å². The molecular formula is C15H23NO2. The van der Waals surface area contributed by atoms with Crippen LogP contribution in [0.5, 0.6) is 11.5 Å². The van der Waals surface area contributed by atoms with Gasteiger partial charge in [-0.05, 0) is 49.9 Å². The first-order valence-corrected chi connectivity index (χ1v) is 6.70. The summed E-state index contributed by atoms with van der Waals surface area (Å²) in [6.07, 6.45) is 2.78. The molecule has 0 aliphatic carbocycles. The normalized spacial score (nSPS) is 15.3. The molecule has 2 rings (SSSR count). The summed E-state index contributed by atoms with van der Waals surface area (Å²) in [4.78, 5) is 0. The fraction of sp³-hybridized carbons (Fsp3) is 0.600. The van der Waals surface area contributed by atoms with E-state index >= 15 is 0 Å². The van der Waals surface area contributed by atoms with E-state index in [-0.39, 0.29) is 5.54 Å². The van der Waals surface area contributed by atoms with Crippen LogP contribution in [0.4, 0.5) is 0 Å². The summed E-state index contributed by atoms with van der Waals surface area (Å²) in [5.74, 6) is 1.74. The van der Waals surface area contributed by atoms with E-state index in [0.717, 1.165) is 44.0 Å². The Labute approximate surface area is 109 Å². The van der Waals surface area contributed by atoms with Gasteiger partial charge in [-0.15, -0.1) is 0 Å². The minimum atomic E-state index is -0.205. The molecule has 0 saturated carbocycles. The van der Waals surface area contributed by atoms with Crippen molar-refractivity contribution in [2.45, 2.75) is 45.6 Å². The third-order valence-electron chi connectivity index (χ3n) is 3.10. The van der Waals surface area contributed by atoms with Gasteiger partial charge in [-0.3, -0.25) is 0 Å². The molecule has 1 aliphatic heterocycles. The molecule has 1 aromatic rings. The summed E-state index contributed by atoms with van der Waals surface area (Å²) in [6, 6.07) is 4.22. The maximum absolute atomic E-state index is 6.13. The quantitative estimate of drug-likeness (QED) is 0.895. The molecular weight excluding hydrogens is 226 g/mol. The molecule has 3 nitrogen and oxygen atoms in total. The second-order valence-electron chi connectivity index (χ2n) is 5.64. The van der Waals surface area contributed by atoms with Gasteiger partial charge in [-0.25, -0.2) is 0 Å². The lowest BCUT2D eigenvalue weighted by Gasteiger charge is -2.21. The highest BCUT2D eigenvalue weighted by Crippen LogP contribution is 2.34. The van der Waals surface area contributed by atoms with Crippen LogP contribution in [0.3, 0.4) is 0 Å². The SMILES string of the molecule is CCc1cc2c(cc1CC(C)(C)N)OCCCO2. The number of benzene rings is 1. The molecule has 0 radical (unpaired) electrons. The summed E-state index contributed by atoms with van der Waals surface area (Å²) in [7, 11) is 0. The van der Waals surface area contributed by atoms with E-state index in [4.69, 9.17) is 15.2 Å². The predicted octanol–water partition coefficient (Wildman–Crippen LogP) is 2.69. The van der Waals surface area contributed by atoms with E-state index < -0.39 is 0 Å². The van der Waals surface area contributed by atoms with Gasteiger partial charge in [-0.2, -0.15) is 0 Å². The topological polar surface area (TPSA) is 44.5 Å². The van der Waals surface area contributed by atoms with Crippen molar-refractivity contribution < 1.29 is 9.47 Å². The standard InChI is InChI=1S/C15H23NO2/c1-4-11-8-13-14(18-7-5-6-17-13)9-12(11)10-15(2,3)16/h8-9H,4-7,10,16H2,1-3H3. The first-order chi connectivity index (χ1) is 8.49. The molecule has 1 aliphatic rings. The lowest BCUT2D eigenvalue weighted by Crippen LogP contribution is -2.34. The molecule has 0 aromatic heterocycles. The molecule has 0 fully saturated rings. The lowest BCUT2D eigenvalue weighted by molar-refractivity contribution is 0.297. The summed E-state index contributed by atoms with van der Waals surface area (Å²) in [5.41, 5.74) is 8.50. The molecule has 1 heterocycles. The Balaban J connectivity index is 2.36. The highest BCUT2D eigenvalue weighted by atomic mass is 16.5. The second kappa shape index (κ2) is 5.19. The van der Waals surface area contributed by atoms with Gasteiger partial charge in [0.15, 0.2) is 11.5 Å². The van der Waals surface area contributed by atoms with Crippen molar-refractivity contribution in [3.8, 4) is 11.5 Å². The summed E-state index contributed by atoms with van der Waals surface area (Å²) >= 11 is 0. The maximum Gasteiger partial charge on any atom is 0.161 e. The minimum absolute atomic E-state index is 0.205. The lowest BCUT2D eigenvalue weighted by atomic mass is 9.91. The zero-order valence-electron chi connectivity index (χ0n) is 11.6. The third-order valence-corrected chi connectivity index (χ3v) is 3.10. The van der Waals surface area contributed by atoms with Crippen LogP contribution in [0, 0.1) is 0 Å². The molecule has 0 amide bonds. The number of ether oxygens (including phenoxy) is 2. The van der Waals surface area contributed by atoms with Gasteiger partial charge in [0, 0.05) is 12.0 Å². The zero-order valence-corrected chi connectivity index (χ0v) is 11.6. The van der Waals surface area contributed by atoms with Gasteiger partial charge in [0.25, 0.3) is 0 Å². The third kappa shape index (κ3) is 3.16. The van der Waals surface area contributed by atoms with E-state index in [9.17, 15) is 0 Å². The molecule has 18 heavy (non-hydrogen) atoms. The van der Waals surface area contributed by atoms with Crippen molar-refractivity contribution in [1.29, 1.82) is 0 Å². The number of rotatable bonds is 3. The first kappa shape index (κ1) is 13.2. The zero-order chi connectivity index (χ0) is 13.2. The smallest absolute Gasteiger partial charge is 0.161 e. The van der Waals surface area contributed by atoms with Crippen LogP contribution < -0.4 is 15.2 Å². The van der Waals surface area contributed by atoms with E-state index in [1.165, 1.54) is 11.1 Å². The second-order valence-corrected chi connectivity index (χ2v) is 5.64. The Kier molecular flexibility index (Phi) is 3.81. The van der Waals surface area contributed by atoms with Gasteiger partial charge in [-0.1, -0.05) is 6.92 Å². The highest BCUT2D eigenvalue weighted by Gasteiger charge is 2.18. The van der Waals surface area contributed by atoms with Crippen LogP contribution in [0.15, 0.2) is 12.1 Å². The van der Waals surface area contributed by atoms with Crippen molar-refractivity contribution in [3.63, 3.8) is 0 Å². The van der Waals surface area contributed by atoms with E-state index in [2.05, 4.69) is 32.9 Å². The fourth-order valence-electron chi connectivity index (χ4n) is 2.28. The van der Waals surface area contributed by atoms with E-state index in [0.29, 0.717) is 0 Å². The Morgan fingerprint density at radius 1 is 1.11 bits per heavy atom. The monoisotopic (exact) mass is 249 g/mol. The minimum Gasteiger partial charge on any atom is -0.490 e. The Bertz CT molecular complexity index is 421. The maximum atomic E-state index is 6.13. The van der Waals surface area contributed by atoms with Gasteiger partial charge < -0.3 is 15.2 Å². The van der Waals surface area contributed by atoms with Crippen LogP contribution in [0.25, 0.3) is 0 Å². The molecule has 3 heteroatoms. The van der Waals surface area contributed by atoms with Gasteiger partial charge >= 0.3 is 0 Å². The number of nitrogens with two attached hydrogens (primary N) is 1. The Morgan fingerprint density at radius 3 is 2.17 bits per heavy atom. The average Bonchev–Trinajstić information content (AvgIpc) is 2.50. The molecule has 0 unspecified atom stereocenters. The predicted molar refractivity (Wildman–Crippen MR) is 73.4 cm³/mol. The largest absolute Gasteiger partial charge is 0.490 e. The van der Waals surface area contributed by atoms with Gasteiger partial charge in [0.2, 0.25) is 0 Å². The number of aryl methyl sites for hydroxylation is 1. The van der Waals surface area contributed by atoms with E-state index in [1.807, 2.05) is 0 Å². The number of hydrogen-bond donors (Lipinski definition) is 1. The summed E-state index contributed by atoms with van der Waals surface area (Å²) in [5, 5.41) is 0. The van der Waals surface area contributed by atoms with Crippen molar-refractivity contribution in [1.82, 2.24) is 0 Å². The highest BCUT2D eigenvalue weighted by molar-refractivity contribution is 5.48. The van der Waals surface area contributed by atoms with Gasteiger partial charge in [0.05, 0.1) is 13.2 Å². The molecule has 1 aromatic carbocycles. The Morgan fingerprint density at radius 2 is 1.67 bits per heavy atom. The van der Waals surface area contributed by atoms with Crippen molar-refractivity contribution in [2.75, 3.05) is 13.2 Å². The fourth-order valence-corrected chi connectivity index (χ4v) is 2.28. The summed E-state index contributed by atoms with van der Waals surface area (Å²) < 4.78 is 11.5. The molecule has 0 saturated heterocycles. The van der Waals surface area contributed by atoms with Crippen molar-refractivity contribution in [3.05, 3.63) is 23.3 Å². The van der Waals surface area contributed by atoms with Crippen LogP contribution >= 0.6 is 0 Å². The molecule has 0 spiro atoms. The number of fused-ring (bicyclic) bond motifs is 1. The van der Waals surface area contributed by atoms with Crippen LogP contribution in [0.1, 0.15) is 38.3 Å². The van der Waals surface area contributed by atoms with Crippen molar-refractivity contribution in [2.24, 2.45) is 5.73 Å². The van der Waals surface area contributed by atoms with Crippen LogP contribution in [-0.2, 0) is 12.8 Å². The van der Waals surface area contributed by atoms with Crippen molar-refractivity contribution >= 4 is 0 Å². The van der Waals surface area contributed by atoms with Crippen LogP contribution in [0.2, 0.25) is 0 Å². The molecule has 0 bridgehead atoms. The number of hydrogen-bond acceptors (Lipinski definition) is 3. The Hall–Kier alpha value is -1.22. The van der Waals surface area contributed by atoms with E-state index in [1.54, 1.807) is 0 Å².